The topological polar surface area (TPSA) is 83.3 Å². The molecule has 1 amide bonds. The maximum Gasteiger partial charge on any atom is 0.243 e. The normalized spacial score (nSPS) is 11.2. The van der Waals surface area contributed by atoms with E-state index in [0.717, 1.165) is 24.3 Å². The van der Waals surface area contributed by atoms with E-state index in [1.807, 2.05) is 44.3 Å². The Balaban J connectivity index is 1.88. The zero-order valence-corrected chi connectivity index (χ0v) is 15.0. The van der Waals surface area contributed by atoms with E-state index in [-0.39, 0.29) is 12.5 Å². The lowest BCUT2D eigenvalue weighted by Gasteiger charge is -2.12. The molecule has 1 heterocycles. The molecule has 0 unspecified atom stereocenters. The third-order valence-electron chi connectivity index (χ3n) is 3.70. The van der Waals surface area contributed by atoms with Crippen LogP contribution in [0.4, 0.5) is 5.69 Å². The summed E-state index contributed by atoms with van der Waals surface area (Å²) in [6.45, 7) is 5.43. The van der Waals surface area contributed by atoms with Crippen LogP contribution in [0.3, 0.4) is 0 Å². The molecular weight excluding hydrogens is 316 g/mol. The lowest BCUT2D eigenvalue weighted by atomic mass is 10.1. The van der Waals surface area contributed by atoms with E-state index in [1.165, 1.54) is 5.56 Å². The van der Waals surface area contributed by atoms with Crippen LogP contribution in [0.15, 0.2) is 41.5 Å². The first-order chi connectivity index (χ1) is 12.1. The molecule has 0 atom stereocenters. The van der Waals surface area contributed by atoms with Crippen LogP contribution in [-0.4, -0.2) is 34.7 Å². The Morgan fingerprint density at radius 3 is 2.76 bits per heavy atom. The third-order valence-corrected chi connectivity index (χ3v) is 3.70. The summed E-state index contributed by atoms with van der Waals surface area (Å²) in [5, 5.41) is 13.2. The lowest BCUT2D eigenvalue weighted by Crippen LogP contribution is -2.41. The quantitative estimate of drug-likeness (QED) is 0.528. The maximum atomic E-state index is 12.1. The zero-order valence-electron chi connectivity index (χ0n) is 15.0. The van der Waals surface area contributed by atoms with Gasteiger partial charge in [-0.15, -0.1) is 0 Å². The number of nitrogens with one attached hydrogen (secondary N) is 3. The fourth-order valence-corrected chi connectivity index (χ4v) is 2.30. The third kappa shape index (κ3) is 5.95. The van der Waals surface area contributed by atoms with Crippen molar-refractivity contribution in [2.45, 2.75) is 26.8 Å². The smallest absolute Gasteiger partial charge is 0.243 e. The summed E-state index contributed by atoms with van der Waals surface area (Å²) in [4.78, 5) is 16.6. The molecule has 0 bridgehead atoms. The number of rotatable bonds is 7. The Hall–Kier alpha value is -2.83. The van der Waals surface area contributed by atoms with Crippen molar-refractivity contribution in [2.75, 3.05) is 18.4 Å². The second-order valence-electron chi connectivity index (χ2n) is 5.60. The van der Waals surface area contributed by atoms with Gasteiger partial charge in [0, 0.05) is 25.5 Å². The van der Waals surface area contributed by atoms with Gasteiger partial charge in [-0.25, -0.2) is 4.99 Å². The van der Waals surface area contributed by atoms with Crippen LogP contribution in [0.5, 0.6) is 0 Å². The molecule has 2 rings (SSSR count). The number of aryl methyl sites for hydroxylation is 2. The average molecular weight is 342 g/mol. The summed E-state index contributed by atoms with van der Waals surface area (Å²) in [6.07, 6.45) is 2.68. The van der Waals surface area contributed by atoms with Gasteiger partial charge in [-0.1, -0.05) is 19.1 Å². The first-order valence-electron chi connectivity index (χ1n) is 8.50. The van der Waals surface area contributed by atoms with Crippen LogP contribution in [0.2, 0.25) is 0 Å². The highest BCUT2D eigenvalue weighted by atomic mass is 16.1. The molecule has 2 aromatic rings. The van der Waals surface area contributed by atoms with Crippen LogP contribution in [0.1, 0.15) is 25.1 Å². The summed E-state index contributed by atoms with van der Waals surface area (Å²) < 4.78 is 1.78. The Morgan fingerprint density at radius 2 is 2.08 bits per heavy atom. The largest absolute Gasteiger partial charge is 0.357 e. The van der Waals surface area contributed by atoms with E-state index in [2.05, 4.69) is 33.0 Å². The van der Waals surface area contributed by atoms with Crippen molar-refractivity contribution >= 4 is 17.6 Å². The standard InChI is InChI=1S/C18H26N6O/c1-4-14-7-6-8-15(11-14)23-17(25)13-21-18(19-5-2)20-12-16-9-10-22-24(16)3/h6-11H,4-5,12-13H2,1-3H3,(H,23,25)(H2,19,20,21). The van der Waals surface area contributed by atoms with Gasteiger partial charge in [0.05, 0.1) is 18.8 Å². The van der Waals surface area contributed by atoms with E-state index >= 15 is 0 Å². The zero-order chi connectivity index (χ0) is 18.1. The summed E-state index contributed by atoms with van der Waals surface area (Å²) >= 11 is 0. The van der Waals surface area contributed by atoms with Gasteiger partial charge in [0.2, 0.25) is 5.91 Å². The van der Waals surface area contributed by atoms with Gasteiger partial charge >= 0.3 is 0 Å². The van der Waals surface area contributed by atoms with Crippen molar-refractivity contribution < 1.29 is 4.79 Å². The molecule has 0 aliphatic carbocycles. The molecule has 0 fully saturated rings. The van der Waals surface area contributed by atoms with Gasteiger partial charge in [-0.3, -0.25) is 9.48 Å². The lowest BCUT2D eigenvalue weighted by molar-refractivity contribution is -0.115. The highest BCUT2D eigenvalue weighted by molar-refractivity contribution is 5.95. The van der Waals surface area contributed by atoms with E-state index < -0.39 is 0 Å². The molecular formula is C18H26N6O. The minimum absolute atomic E-state index is 0.112. The molecule has 0 radical (unpaired) electrons. The number of hydrogen-bond acceptors (Lipinski definition) is 3. The fourth-order valence-electron chi connectivity index (χ4n) is 2.30. The summed E-state index contributed by atoms with van der Waals surface area (Å²) in [7, 11) is 1.88. The molecule has 3 N–H and O–H groups in total. The molecule has 1 aromatic heterocycles. The molecule has 25 heavy (non-hydrogen) atoms. The Kier molecular flexibility index (Phi) is 7.00. The van der Waals surface area contributed by atoms with Crippen LogP contribution < -0.4 is 16.0 Å². The van der Waals surface area contributed by atoms with E-state index in [4.69, 9.17) is 0 Å². The number of amides is 1. The number of nitrogens with zero attached hydrogens (tertiary/aromatic N) is 3. The minimum Gasteiger partial charge on any atom is -0.357 e. The van der Waals surface area contributed by atoms with Crippen LogP contribution in [0.25, 0.3) is 0 Å². The summed E-state index contributed by atoms with van der Waals surface area (Å²) in [5.41, 5.74) is 3.00. The van der Waals surface area contributed by atoms with Crippen molar-refractivity contribution in [1.82, 2.24) is 20.4 Å². The predicted molar refractivity (Wildman–Crippen MR) is 100 cm³/mol. The molecule has 7 nitrogen and oxygen atoms in total. The van der Waals surface area contributed by atoms with Crippen molar-refractivity contribution in [2.24, 2.45) is 12.0 Å². The van der Waals surface area contributed by atoms with Crippen molar-refractivity contribution in [1.29, 1.82) is 0 Å². The summed E-state index contributed by atoms with van der Waals surface area (Å²) in [5.74, 6) is 0.487. The number of carbonyl (C=O) groups excluding carboxylic acids is 1. The van der Waals surface area contributed by atoms with Crippen molar-refractivity contribution in [3.8, 4) is 0 Å². The Labute approximate surface area is 148 Å². The molecule has 0 aliphatic heterocycles. The second kappa shape index (κ2) is 9.46. The first-order valence-corrected chi connectivity index (χ1v) is 8.50. The Bertz CT molecular complexity index is 722. The monoisotopic (exact) mass is 342 g/mol. The van der Waals surface area contributed by atoms with Crippen LogP contribution in [-0.2, 0) is 24.8 Å². The van der Waals surface area contributed by atoms with Gasteiger partial charge in [-0.2, -0.15) is 5.10 Å². The fraction of sp³-hybridized carbons (Fsp3) is 0.389. The number of carbonyl (C=O) groups is 1. The van der Waals surface area contributed by atoms with Gasteiger partial charge in [-0.05, 0) is 37.1 Å². The molecule has 0 saturated heterocycles. The van der Waals surface area contributed by atoms with E-state index in [1.54, 1.807) is 10.9 Å². The highest BCUT2D eigenvalue weighted by Crippen LogP contribution is 2.10. The number of benzene rings is 1. The average Bonchev–Trinajstić information content (AvgIpc) is 3.02. The first kappa shape index (κ1) is 18.5. The molecule has 1 aromatic carbocycles. The van der Waals surface area contributed by atoms with Crippen LogP contribution >= 0.6 is 0 Å². The molecule has 7 heteroatoms. The van der Waals surface area contributed by atoms with Gasteiger partial charge < -0.3 is 16.0 Å². The minimum atomic E-state index is -0.112. The number of guanidine groups is 1. The molecule has 0 saturated carbocycles. The van der Waals surface area contributed by atoms with Crippen molar-refractivity contribution in [3.63, 3.8) is 0 Å². The number of aromatic nitrogens is 2. The SMILES string of the molecule is CCNC(=NCc1ccnn1C)NCC(=O)Nc1cccc(CC)c1. The van der Waals surface area contributed by atoms with Gasteiger partial charge in [0.25, 0.3) is 0 Å². The molecule has 0 aliphatic rings. The van der Waals surface area contributed by atoms with Gasteiger partial charge in [0.1, 0.15) is 0 Å². The second-order valence-corrected chi connectivity index (χ2v) is 5.60. The van der Waals surface area contributed by atoms with Crippen molar-refractivity contribution in [3.05, 3.63) is 47.8 Å². The molecule has 0 spiro atoms. The maximum absolute atomic E-state index is 12.1. The number of aliphatic imine (C=N–C) groups is 1. The van der Waals surface area contributed by atoms with Crippen LogP contribution in [0, 0.1) is 0 Å². The van der Waals surface area contributed by atoms with E-state index in [9.17, 15) is 4.79 Å². The van der Waals surface area contributed by atoms with E-state index in [0.29, 0.717) is 12.5 Å². The number of anilines is 1. The Morgan fingerprint density at radius 1 is 1.24 bits per heavy atom. The number of hydrogen-bond donors (Lipinski definition) is 3. The summed E-state index contributed by atoms with van der Waals surface area (Å²) in [6, 6.07) is 9.78. The highest BCUT2D eigenvalue weighted by Gasteiger charge is 2.05. The molecule has 134 valence electrons. The van der Waals surface area contributed by atoms with Gasteiger partial charge in [0.15, 0.2) is 5.96 Å². The predicted octanol–water partition coefficient (Wildman–Crippen LogP) is 1.68.